The van der Waals surface area contributed by atoms with Crippen LogP contribution in [-0.4, -0.2) is 24.1 Å². The number of hydrogen-bond donors (Lipinski definition) is 1. The summed E-state index contributed by atoms with van der Waals surface area (Å²) in [7, 11) is 0. The van der Waals surface area contributed by atoms with Gasteiger partial charge in [-0.3, -0.25) is 10.5 Å². The van der Waals surface area contributed by atoms with E-state index in [1.165, 1.54) is 0 Å². The molecule has 0 rings (SSSR count). The van der Waals surface area contributed by atoms with Gasteiger partial charge in [0.2, 0.25) is 0 Å². The average Bonchev–Trinajstić information content (AvgIpc) is 2.02. The van der Waals surface area contributed by atoms with Crippen LogP contribution in [0.2, 0.25) is 0 Å². The average molecular weight is 222 g/mol. The Morgan fingerprint density at radius 2 is 2.07 bits per heavy atom. The van der Waals surface area contributed by atoms with E-state index < -0.39 is 18.0 Å². The minimum absolute atomic E-state index is 0.214. The lowest BCUT2D eigenvalue weighted by Crippen LogP contribution is -2.42. The summed E-state index contributed by atoms with van der Waals surface area (Å²) in [5.41, 5.74) is 6.91. The van der Waals surface area contributed by atoms with Crippen LogP contribution in [0, 0.1) is 5.92 Å². The molecule has 6 heteroatoms. The maximum Gasteiger partial charge on any atom is 0.408 e. The molecular formula is C8H14ClN2O3. The quantitative estimate of drug-likeness (QED) is 0.707. The smallest absolute Gasteiger partial charge is 0.408 e. The molecule has 81 valence electrons. The van der Waals surface area contributed by atoms with E-state index in [1.54, 1.807) is 0 Å². The lowest BCUT2D eigenvalue weighted by atomic mass is 10.0. The molecule has 2 amide bonds. The zero-order valence-corrected chi connectivity index (χ0v) is 8.93. The molecule has 1 unspecified atom stereocenters. The van der Waals surface area contributed by atoms with E-state index in [1.807, 2.05) is 13.8 Å². The Balaban J connectivity index is 4.09. The molecule has 0 aliphatic carbocycles. The molecule has 0 bridgehead atoms. The monoisotopic (exact) mass is 221 g/mol. The zero-order valence-electron chi connectivity index (χ0n) is 8.17. The largest absolute Gasteiger partial charge is 0.433 e. The highest BCUT2D eigenvalue weighted by molar-refractivity contribution is 6.17. The van der Waals surface area contributed by atoms with Crippen molar-refractivity contribution in [2.75, 3.05) is 6.07 Å². The van der Waals surface area contributed by atoms with Gasteiger partial charge in [-0.05, 0) is 12.3 Å². The first-order chi connectivity index (χ1) is 6.47. The van der Waals surface area contributed by atoms with Crippen molar-refractivity contribution in [3.8, 4) is 0 Å². The van der Waals surface area contributed by atoms with Gasteiger partial charge in [0.15, 0.2) is 6.07 Å². The maximum atomic E-state index is 10.9. The molecule has 0 aromatic heterocycles. The Labute approximate surface area is 87.9 Å². The molecule has 1 atom stereocenters. The molecular weight excluding hydrogens is 208 g/mol. The lowest BCUT2D eigenvalue weighted by Gasteiger charge is -2.15. The Kier molecular flexibility index (Phi) is 6.03. The number of amides is 2. The first kappa shape index (κ1) is 13.0. The maximum absolute atomic E-state index is 10.9. The highest BCUT2D eigenvalue weighted by Gasteiger charge is 2.20. The lowest BCUT2D eigenvalue weighted by molar-refractivity contribution is -0.120. The Hall–Kier alpha value is -0.970. The van der Waals surface area contributed by atoms with Crippen LogP contribution in [0.4, 0.5) is 4.79 Å². The van der Waals surface area contributed by atoms with Crippen molar-refractivity contribution >= 4 is 23.6 Å². The van der Waals surface area contributed by atoms with Crippen molar-refractivity contribution in [3.05, 3.63) is 0 Å². The number of nitrogens with one attached hydrogen (secondary N) is 2. The third kappa shape index (κ3) is 5.64. The molecule has 0 aromatic rings. The number of ether oxygens (including phenoxy) is 1. The predicted molar refractivity (Wildman–Crippen MR) is 51.7 cm³/mol. The highest BCUT2D eigenvalue weighted by atomic mass is 35.5. The van der Waals surface area contributed by atoms with Crippen LogP contribution in [0.3, 0.4) is 0 Å². The summed E-state index contributed by atoms with van der Waals surface area (Å²) in [6.07, 6.45) is -0.356. The first-order valence-electron chi connectivity index (χ1n) is 4.22. The molecule has 1 radical (unpaired) electrons. The third-order valence-corrected chi connectivity index (χ3v) is 1.61. The summed E-state index contributed by atoms with van der Waals surface area (Å²) in [6.45, 7) is 3.79. The molecule has 0 heterocycles. The number of carbonyl (C=O) groups is 2. The van der Waals surface area contributed by atoms with E-state index in [0.717, 1.165) is 0 Å². The van der Waals surface area contributed by atoms with Gasteiger partial charge < -0.3 is 10.1 Å². The summed E-state index contributed by atoms with van der Waals surface area (Å²) in [4.78, 5) is 21.7. The van der Waals surface area contributed by atoms with Gasteiger partial charge in [0, 0.05) is 0 Å². The second-order valence-corrected chi connectivity index (χ2v) is 3.45. The molecule has 0 spiro atoms. The van der Waals surface area contributed by atoms with Crippen LogP contribution in [0.15, 0.2) is 0 Å². The van der Waals surface area contributed by atoms with Crippen molar-refractivity contribution in [1.82, 2.24) is 11.1 Å². The Morgan fingerprint density at radius 3 is 2.43 bits per heavy atom. The molecule has 0 saturated carbocycles. The number of rotatable bonds is 5. The van der Waals surface area contributed by atoms with Crippen LogP contribution >= 0.6 is 11.6 Å². The van der Waals surface area contributed by atoms with Crippen LogP contribution < -0.4 is 11.1 Å². The normalized spacial score (nSPS) is 12.3. The van der Waals surface area contributed by atoms with Crippen molar-refractivity contribution in [2.24, 2.45) is 5.92 Å². The number of alkyl carbamates (subject to hydrolysis) is 1. The summed E-state index contributed by atoms with van der Waals surface area (Å²) in [5, 5.41) is 2.27. The van der Waals surface area contributed by atoms with Gasteiger partial charge in [-0.15, -0.1) is 0 Å². The minimum Gasteiger partial charge on any atom is -0.433 e. The number of carbonyl (C=O) groups excluding carboxylic acids is 2. The SMILES string of the molecule is CC(C)CC(NC(=O)OCCl)C([NH])=O. The predicted octanol–water partition coefficient (Wildman–Crippen LogP) is 1.13. The Bertz CT molecular complexity index is 209. The van der Waals surface area contributed by atoms with Crippen LogP contribution in [0.1, 0.15) is 20.3 Å². The Morgan fingerprint density at radius 1 is 1.50 bits per heavy atom. The summed E-state index contributed by atoms with van der Waals surface area (Å²) in [6, 6.07) is -1.09. The van der Waals surface area contributed by atoms with Crippen LogP contribution in [0.5, 0.6) is 0 Å². The number of halogens is 1. The fourth-order valence-electron chi connectivity index (χ4n) is 0.936. The molecule has 0 aromatic carbocycles. The second kappa shape index (κ2) is 6.48. The van der Waals surface area contributed by atoms with Gasteiger partial charge in [0.1, 0.15) is 6.04 Å². The van der Waals surface area contributed by atoms with Gasteiger partial charge in [0.25, 0.3) is 5.91 Å². The van der Waals surface area contributed by atoms with Crippen molar-refractivity contribution < 1.29 is 14.3 Å². The van der Waals surface area contributed by atoms with Crippen molar-refractivity contribution in [3.63, 3.8) is 0 Å². The molecule has 0 saturated heterocycles. The van der Waals surface area contributed by atoms with Gasteiger partial charge in [-0.25, -0.2) is 4.79 Å². The van der Waals surface area contributed by atoms with Crippen molar-refractivity contribution in [2.45, 2.75) is 26.3 Å². The first-order valence-corrected chi connectivity index (χ1v) is 4.75. The van der Waals surface area contributed by atoms with E-state index in [-0.39, 0.29) is 12.0 Å². The van der Waals surface area contributed by atoms with E-state index in [4.69, 9.17) is 17.3 Å². The van der Waals surface area contributed by atoms with Crippen LogP contribution in [-0.2, 0) is 9.53 Å². The standard InChI is InChI=1S/C8H14ClN2O3/c1-5(2)3-6(7(10)12)11-8(13)14-4-9/h5-6,10H,3-4H2,1-2H3,(H,11,13). The molecule has 2 N–H and O–H groups in total. The minimum atomic E-state index is -0.828. The zero-order chi connectivity index (χ0) is 11.1. The second-order valence-electron chi connectivity index (χ2n) is 3.23. The number of hydrogen-bond acceptors (Lipinski definition) is 3. The molecule has 0 aliphatic rings. The van der Waals surface area contributed by atoms with E-state index in [9.17, 15) is 9.59 Å². The molecule has 14 heavy (non-hydrogen) atoms. The summed E-state index contributed by atoms with van der Waals surface area (Å²) < 4.78 is 4.38. The van der Waals surface area contributed by atoms with Gasteiger partial charge in [-0.2, -0.15) is 0 Å². The molecule has 0 aliphatic heterocycles. The van der Waals surface area contributed by atoms with E-state index >= 15 is 0 Å². The summed E-state index contributed by atoms with van der Waals surface area (Å²) in [5.74, 6) is -0.615. The van der Waals surface area contributed by atoms with E-state index in [0.29, 0.717) is 6.42 Å². The fraction of sp³-hybridized carbons (Fsp3) is 0.750. The van der Waals surface area contributed by atoms with Gasteiger partial charge in [-0.1, -0.05) is 25.4 Å². The fourth-order valence-corrected chi connectivity index (χ4v) is 1.04. The van der Waals surface area contributed by atoms with E-state index in [2.05, 4.69) is 10.1 Å². The molecule has 0 fully saturated rings. The van der Waals surface area contributed by atoms with Crippen molar-refractivity contribution in [1.29, 1.82) is 0 Å². The number of alkyl halides is 1. The third-order valence-electron chi connectivity index (χ3n) is 1.50. The van der Waals surface area contributed by atoms with Gasteiger partial charge >= 0.3 is 6.09 Å². The highest BCUT2D eigenvalue weighted by Crippen LogP contribution is 2.04. The topological polar surface area (TPSA) is 79.2 Å². The molecule has 5 nitrogen and oxygen atoms in total. The summed E-state index contributed by atoms with van der Waals surface area (Å²) >= 11 is 5.15. The van der Waals surface area contributed by atoms with Gasteiger partial charge in [0.05, 0.1) is 0 Å². The van der Waals surface area contributed by atoms with Crippen LogP contribution in [0.25, 0.3) is 0 Å².